The van der Waals surface area contributed by atoms with Gasteiger partial charge >= 0.3 is 0 Å². The van der Waals surface area contributed by atoms with Gasteiger partial charge in [0.25, 0.3) is 11.8 Å². The zero-order valence-corrected chi connectivity index (χ0v) is 46.0. The lowest BCUT2D eigenvalue weighted by Gasteiger charge is -2.24. The Hall–Kier alpha value is -3.74. The van der Waals surface area contributed by atoms with Crippen molar-refractivity contribution in [2.75, 3.05) is 37.1 Å². The van der Waals surface area contributed by atoms with Gasteiger partial charge < -0.3 is 29.6 Å². The monoisotopic (exact) mass is 1080 g/mol. The average Bonchev–Trinajstić information content (AvgIpc) is 4.22. The van der Waals surface area contributed by atoms with Crippen molar-refractivity contribution in [1.29, 1.82) is 0 Å². The van der Waals surface area contributed by atoms with E-state index in [4.69, 9.17) is 18.9 Å². The lowest BCUT2D eigenvalue weighted by atomic mass is 9.90. The van der Waals surface area contributed by atoms with Gasteiger partial charge in [0.2, 0.25) is 0 Å². The minimum absolute atomic E-state index is 0.164. The fourth-order valence-corrected chi connectivity index (χ4v) is 17.0. The Balaban J connectivity index is 1.20. The molecule has 0 unspecified atom stereocenters. The maximum atomic E-state index is 14.2. The quantitative estimate of drug-likeness (QED) is 0.0982. The highest BCUT2D eigenvalue weighted by molar-refractivity contribution is 8.34. The second kappa shape index (κ2) is 24.8. The van der Waals surface area contributed by atoms with Crippen molar-refractivity contribution >= 4 is 117 Å². The molecule has 0 radical (unpaired) electrons. The summed E-state index contributed by atoms with van der Waals surface area (Å²) in [7, 11) is 0. The molecule has 0 spiro atoms. The molecule has 0 atom stereocenters. The van der Waals surface area contributed by atoms with Crippen LogP contribution in [0.3, 0.4) is 0 Å². The zero-order chi connectivity index (χ0) is 48.4. The van der Waals surface area contributed by atoms with E-state index < -0.39 is 0 Å². The average molecular weight is 1080 g/mol. The molecule has 70 heavy (non-hydrogen) atoms. The van der Waals surface area contributed by atoms with Crippen LogP contribution in [0.15, 0.2) is 120 Å². The van der Waals surface area contributed by atoms with Crippen molar-refractivity contribution in [3.63, 3.8) is 0 Å². The van der Waals surface area contributed by atoms with Crippen molar-refractivity contribution in [3.8, 4) is 23.0 Å². The molecule has 2 amide bonds. The van der Waals surface area contributed by atoms with Crippen LogP contribution in [-0.4, -0.2) is 38.2 Å². The number of nitrogens with one attached hydrogen (secondary N) is 2. The second-order valence-electron chi connectivity index (χ2n) is 16.6. The molecule has 0 saturated carbocycles. The van der Waals surface area contributed by atoms with Crippen molar-refractivity contribution in [1.82, 2.24) is 0 Å². The zero-order valence-electron chi connectivity index (χ0n) is 39.4. The number of ether oxygens (including phenoxy) is 4. The van der Waals surface area contributed by atoms with Crippen molar-refractivity contribution in [2.24, 2.45) is 0 Å². The van der Waals surface area contributed by atoms with Crippen molar-refractivity contribution < 1.29 is 28.5 Å². The molecular formula is C54H54N2O6S8. The third-order valence-electron chi connectivity index (χ3n) is 11.2. The van der Waals surface area contributed by atoms with Gasteiger partial charge in [-0.05, 0) is 105 Å². The van der Waals surface area contributed by atoms with Crippen molar-refractivity contribution in [3.05, 3.63) is 164 Å². The Morgan fingerprint density at radius 2 is 0.729 bits per heavy atom. The third-order valence-corrected chi connectivity index (χ3v) is 21.3. The molecule has 4 heterocycles. The molecule has 364 valence electrons. The van der Waals surface area contributed by atoms with Gasteiger partial charge in [-0.1, -0.05) is 158 Å². The predicted octanol–water partition coefficient (Wildman–Crippen LogP) is 16.2. The number of rotatable bonds is 16. The number of carbonyl (C=O) groups is 2. The number of anilines is 2. The standard InChI is InChI=1S/C54H54N2O6S8/c1-5-15-59-45-33-11-9-13-35(45)24-37-27-41(55-49(57)43-31-67-53(69-43)51-63-19-20-64-51)29-39(47(37)61-17-7-3)26-40-30-42(56-50(58)44-32-68-54(70-44)52-65-21-22-66-52)28-38(48(40)62-18-8-4)25-36-14-10-12-34(23-33)46(36)60-16-6-2/h9-14,19-22,27-32H,5-8,15-18,23-26H2,1-4H3,(H,55,57)(H,56,58). The maximum Gasteiger partial charge on any atom is 0.262 e. The molecule has 4 aromatic rings. The Bertz CT molecular complexity index is 2640. The minimum atomic E-state index is -0.164. The van der Waals surface area contributed by atoms with Crippen LogP contribution in [0.5, 0.6) is 23.0 Å². The number of benzene rings is 4. The molecule has 4 aliphatic heterocycles. The van der Waals surface area contributed by atoms with Gasteiger partial charge in [0.05, 0.1) is 53.2 Å². The molecule has 4 aromatic carbocycles. The fraction of sp³-hybridized carbons (Fsp3) is 0.296. The minimum Gasteiger partial charge on any atom is -0.493 e. The summed E-state index contributed by atoms with van der Waals surface area (Å²) in [5.74, 6) is 2.92. The van der Waals surface area contributed by atoms with E-state index in [0.717, 1.165) is 102 Å². The van der Waals surface area contributed by atoms with Crippen LogP contribution in [0.4, 0.5) is 11.4 Å². The van der Waals surface area contributed by atoms with Crippen LogP contribution >= 0.6 is 94.1 Å². The number of thioether (sulfide) groups is 8. The van der Waals surface area contributed by atoms with E-state index in [1.165, 1.54) is 32.0 Å². The summed E-state index contributed by atoms with van der Waals surface area (Å²) in [5, 5.41) is 18.8. The van der Waals surface area contributed by atoms with E-state index in [9.17, 15) is 9.59 Å². The topological polar surface area (TPSA) is 95.1 Å². The number of amides is 2. The molecule has 2 N–H and O–H groups in total. The SMILES string of the molecule is CCCOc1c2cccc1Cc1cc(NC(=O)C3=CSC(=C4SC=CS4)S3)cc(c1OCCC)Cc1cc(NC(=O)C3=CSC(=C4SC=CS4)S3)cc(c1OCCC)Cc1cccc(c1OCCC)C2. The third kappa shape index (κ3) is 12.4. The van der Waals surface area contributed by atoms with E-state index in [0.29, 0.717) is 73.3 Å². The van der Waals surface area contributed by atoms with Gasteiger partial charge in [0.1, 0.15) is 23.0 Å². The Labute approximate surface area is 445 Å². The van der Waals surface area contributed by atoms with E-state index >= 15 is 0 Å². The number of fused-ring (bicyclic) bond motifs is 8. The summed E-state index contributed by atoms with van der Waals surface area (Å²) in [5.41, 5.74) is 9.16. The maximum absolute atomic E-state index is 14.2. The molecule has 16 heteroatoms. The number of hydrogen-bond acceptors (Lipinski definition) is 14. The lowest BCUT2D eigenvalue weighted by molar-refractivity contribution is -0.113. The first-order valence-electron chi connectivity index (χ1n) is 23.5. The van der Waals surface area contributed by atoms with Crippen LogP contribution in [0.25, 0.3) is 0 Å². The summed E-state index contributed by atoms with van der Waals surface area (Å²) in [4.78, 5) is 29.8. The molecule has 9 rings (SSSR count). The van der Waals surface area contributed by atoms with Crippen LogP contribution < -0.4 is 29.6 Å². The largest absolute Gasteiger partial charge is 0.493 e. The summed E-state index contributed by atoms with van der Waals surface area (Å²) in [6.45, 7) is 10.6. The predicted molar refractivity (Wildman–Crippen MR) is 307 cm³/mol. The van der Waals surface area contributed by atoms with Gasteiger partial charge in [0.15, 0.2) is 0 Å². The van der Waals surface area contributed by atoms with Gasteiger partial charge in [-0.25, -0.2) is 0 Å². The van der Waals surface area contributed by atoms with Crippen LogP contribution in [0.1, 0.15) is 97.9 Å². The lowest BCUT2D eigenvalue weighted by Crippen LogP contribution is -2.15. The van der Waals surface area contributed by atoms with Gasteiger partial charge in [-0.3, -0.25) is 9.59 Å². The first-order chi connectivity index (χ1) is 34.3. The van der Waals surface area contributed by atoms with E-state index in [1.807, 2.05) is 10.8 Å². The smallest absolute Gasteiger partial charge is 0.262 e. The number of para-hydroxylation sites is 2. The Morgan fingerprint density at radius 1 is 0.429 bits per heavy atom. The Kier molecular flexibility index (Phi) is 18.1. The first-order valence-corrected chi connectivity index (χ1v) is 30.4. The highest BCUT2D eigenvalue weighted by Gasteiger charge is 2.28. The molecule has 0 fully saturated rings. The van der Waals surface area contributed by atoms with Gasteiger partial charge in [0, 0.05) is 59.3 Å². The molecule has 8 nitrogen and oxygen atoms in total. The molecular weight excluding hydrogens is 1030 g/mol. The van der Waals surface area contributed by atoms with Gasteiger partial charge in [-0.2, -0.15) is 0 Å². The fourth-order valence-electron chi connectivity index (χ4n) is 8.27. The van der Waals surface area contributed by atoms with Crippen LogP contribution in [-0.2, 0) is 35.3 Å². The molecule has 5 aliphatic rings. The second-order valence-corrected chi connectivity index (χ2v) is 25.2. The summed E-state index contributed by atoms with van der Waals surface area (Å²) < 4.78 is 31.7. The summed E-state index contributed by atoms with van der Waals surface area (Å²) >= 11 is 13.0. The molecule has 0 aromatic heterocycles. The molecule has 0 saturated heterocycles. The number of hydrogen-bond donors (Lipinski definition) is 2. The van der Waals surface area contributed by atoms with E-state index in [-0.39, 0.29) is 11.8 Å². The highest BCUT2D eigenvalue weighted by Crippen LogP contribution is 2.55. The highest BCUT2D eigenvalue weighted by atomic mass is 32.2. The summed E-state index contributed by atoms with van der Waals surface area (Å²) in [6.07, 6.45) is 5.28. The van der Waals surface area contributed by atoms with E-state index in [1.54, 1.807) is 70.6 Å². The number of carbonyl (C=O) groups excluding carboxylic acids is 2. The first kappa shape index (κ1) is 51.2. The Morgan fingerprint density at radius 3 is 1.06 bits per heavy atom. The van der Waals surface area contributed by atoms with Crippen LogP contribution in [0, 0.1) is 0 Å². The van der Waals surface area contributed by atoms with Crippen molar-refractivity contribution in [2.45, 2.75) is 79.1 Å². The van der Waals surface area contributed by atoms with E-state index in [2.05, 4.69) is 121 Å². The van der Waals surface area contributed by atoms with Gasteiger partial charge in [-0.15, -0.1) is 0 Å². The summed E-state index contributed by atoms with van der Waals surface area (Å²) in [6, 6.07) is 21.1. The molecule has 1 aliphatic carbocycles. The normalized spacial score (nSPS) is 16.1. The molecule has 8 bridgehead atoms. The van der Waals surface area contributed by atoms with Crippen LogP contribution in [0.2, 0.25) is 0 Å².